The zero-order valence-corrected chi connectivity index (χ0v) is 7.60. The maximum atomic E-state index is 11.0. The fraction of sp³-hybridized carbons (Fsp3) is 0.375. The summed E-state index contributed by atoms with van der Waals surface area (Å²) in [5, 5.41) is 0. The molecule has 76 valence electrons. The second kappa shape index (κ2) is 4.01. The molecule has 6 nitrogen and oxygen atoms in total. The van der Waals surface area contributed by atoms with Crippen molar-refractivity contribution < 1.29 is 19.1 Å². The summed E-state index contributed by atoms with van der Waals surface area (Å²) in [5.41, 5.74) is 5.38. The molecule has 0 radical (unpaired) electrons. The summed E-state index contributed by atoms with van der Waals surface area (Å²) >= 11 is 0. The van der Waals surface area contributed by atoms with Gasteiger partial charge in [-0.05, 0) is 0 Å². The minimum atomic E-state index is -0.993. The summed E-state index contributed by atoms with van der Waals surface area (Å²) in [6.45, 7) is -0.155. The van der Waals surface area contributed by atoms with E-state index in [0.29, 0.717) is 0 Å². The monoisotopic (exact) mass is 198 g/mol. The van der Waals surface area contributed by atoms with Gasteiger partial charge in [0.05, 0.1) is 13.7 Å². The standard InChI is InChI=1S/C8H10N2O4/c1-14-8(13)5(9)4-10-6(11)2-3-7(10)12/h2-3,5H,4,9H2,1H3. The van der Waals surface area contributed by atoms with E-state index in [4.69, 9.17) is 5.73 Å². The summed E-state index contributed by atoms with van der Waals surface area (Å²) < 4.78 is 4.36. The van der Waals surface area contributed by atoms with Crippen LogP contribution in [0, 0.1) is 0 Å². The fourth-order valence-corrected chi connectivity index (χ4v) is 1.03. The summed E-state index contributed by atoms with van der Waals surface area (Å²) in [5.74, 6) is -1.58. The largest absolute Gasteiger partial charge is 0.468 e. The highest BCUT2D eigenvalue weighted by Crippen LogP contribution is 2.04. The van der Waals surface area contributed by atoms with Crippen LogP contribution in [0.2, 0.25) is 0 Å². The Morgan fingerprint density at radius 1 is 1.50 bits per heavy atom. The molecule has 0 bridgehead atoms. The van der Waals surface area contributed by atoms with E-state index in [-0.39, 0.29) is 6.54 Å². The van der Waals surface area contributed by atoms with E-state index in [1.54, 1.807) is 0 Å². The number of nitrogens with two attached hydrogens (primary N) is 1. The Bertz CT molecular complexity index is 292. The Balaban J connectivity index is 2.57. The van der Waals surface area contributed by atoms with E-state index in [0.717, 1.165) is 17.1 Å². The van der Waals surface area contributed by atoms with Crippen LogP contribution < -0.4 is 5.73 Å². The summed E-state index contributed by atoms with van der Waals surface area (Å²) in [6, 6.07) is -0.993. The molecule has 6 heteroatoms. The predicted molar refractivity (Wildman–Crippen MR) is 45.9 cm³/mol. The van der Waals surface area contributed by atoms with Crippen LogP contribution in [0.1, 0.15) is 0 Å². The molecule has 1 rings (SSSR count). The van der Waals surface area contributed by atoms with Crippen molar-refractivity contribution in [1.29, 1.82) is 0 Å². The number of nitrogens with zero attached hydrogens (tertiary/aromatic N) is 1. The molecule has 2 N–H and O–H groups in total. The maximum absolute atomic E-state index is 11.0. The van der Waals surface area contributed by atoms with Gasteiger partial charge in [-0.15, -0.1) is 0 Å². The summed E-state index contributed by atoms with van der Waals surface area (Å²) in [7, 11) is 1.19. The van der Waals surface area contributed by atoms with Gasteiger partial charge in [0.2, 0.25) is 0 Å². The van der Waals surface area contributed by atoms with Crippen LogP contribution in [0.15, 0.2) is 12.2 Å². The van der Waals surface area contributed by atoms with Crippen LogP contribution in [-0.2, 0) is 19.1 Å². The Morgan fingerprint density at radius 3 is 2.43 bits per heavy atom. The smallest absolute Gasteiger partial charge is 0.324 e. The summed E-state index contributed by atoms with van der Waals surface area (Å²) in [6.07, 6.45) is 2.26. The quantitative estimate of drug-likeness (QED) is 0.436. The molecule has 0 saturated heterocycles. The van der Waals surface area contributed by atoms with Crippen molar-refractivity contribution in [3.8, 4) is 0 Å². The van der Waals surface area contributed by atoms with Crippen LogP contribution in [0.5, 0.6) is 0 Å². The first-order chi connectivity index (χ1) is 6.56. The van der Waals surface area contributed by atoms with Crippen LogP contribution in [0.25, 0.3) is 0 Å². The van der Waals surface area contributed by atoms with Gasteiger partial charge in [-0.3, -0.25) is 19.3 Å². The van der Waals surface area contributed by atoms with Gasteiger partial charge in [-0.25, -0.2) is 0 Å². The molecule has 0 aromatic rings. The Labute approximate surface area is 80.3 Å². The van der Waals surface area contributed by atoms with Crippen molar-refractivity contribution in [2.24, 2.45) is 5.73 Å². The minimum Gasteiger partial charge on any atom is -0.468 e. The van der Waals surface area contributed by atoms with Crippen LogP contribution in [-0.4, -0.2) is 42.4 Å². The van der Waals surface area contributed by atoms with Crippen molar-refractivity contribution in [3.05, 3.63) is 12.2 Å². The number of imide groups is 1. The van der Waals surface area contributed by atoms with Crippen LogP contribution >= 0.6 is 0 Å². The number of amides is 2. The predicted octanol–water partition coefficient (Wildman–Crippen LogP) is -1.59. The van der Waals surface area contributed by atoms with Crippen molar-refractivity contribution in [1.82, 2.24) is 4.90 Å². The molecule has 1 aliphatic rings. The average Bonchev–Trinajstić information content (AvgIpc) is 2.48. The number of hydrogen-bond donors (Lipinski definition) is 1. The van der Waals surface area contributed by atoms with Crippen LogP contribution in [0.3, 0.4) is 0 Å². The zero-order valence-electron chi connectivity index (χ0n) is 7.60. The molecular weight excluding hydrogens is 188 g/mol. The average molecular weight is 198 g/mol. The highest BCUT2D eigenvalue weighted by atomic mass is 16.5. The third-order valence-corrected chi connectivity index (χ3v) is 1.78. The molecule has 14 heavy (non-hydrogen) atoms. The number of carbonyl (C=O) groups is 3. The topological polar surface area (TPSA) is 89.7 Å². The molecule has 2 amide bonds. The normalized spacial score (nSPS) is 17.4. The molecule has 0 aliphatic carbocycles. The molecular formula is C8H10N2O4. The molecule has 0 aromatic carbocycles. The van der Waals surface area contributed by atoms with Gasteiger partial charge in [0, 0.05) is 12.2 Å². The lowest BCUT2D eigenvalue weighted by atomic mass is 10.3. The van der Waals surface area contributed by atoms with E-state index < -0.39 is 23.8 Å². The first kappa shape index (κ1) is 10.4. The van der Waals surface area contributed by atoms with E-state index in [9.17, 15) is 14.4 Å². The third kappa shape index (κ3) is 1.97. The lowest BCUT2D eigenvalue weighted by Gasteiger charge is -2.17. The fourth-order valence-electron chi connectivity index (χ4n) is 1.03. The SMILES string of the molecule is COC(=O)C(N)CN1C(=O)C=CC1=O. The number of esters is 1. The lowest BCUT2D eigenvalue weighted by Crippen LogP contribution is -2.45. The number of rotatable bonds is 3. The number of hydrogen-bond acceptors (Lipinski definition) is 5. The second-order valence-electron chi connectivity index (χ2n) is 2.75. The number of carbonyl (C=O) groups excluding carboxylic acids is 3. The van der Waals surface area contributed by atoms with Gasteiger partial charge < -0.3 is 10.5 Å². The highest BCUT2D eigenvalue weighted by Gasteiger charge is 2.27. The Morgan fingerprint density at radius 2 is 2.00 bits per heavy atom. The minimum absolute atomic E-state index is 0.155. The maximum Gasteiger partial charge on any atom is 0.324 e. The lowest BCUT2D eigenvalue weighted by molar-refractivity contribution is -0.144. The van der Waals surface area contributed by atoms with Gasteiger partial charge in [0.25, 0.3) is 11.8 Å². The van der Waals surface area contributed by atoms with Crippen molar-refractivity contribution in [3.63, 3.8) is 0 Å². The van der Waals surface area contributed by atoms with Crippen molar-refractivity contribution in [2.45, 2.75) is 6.04 Å². The van der Waals surface area contributed by atoms with E-state index in [2.05, 4.69) is 4.74 Å². The van der Waals surface area contributed by atoms with Crippen molar-refractivity contribution >= 4 is 17.8 Å². The molecule has 0 aromatic heterocycles. The molecule has 1 unspecified atom stereocenters. The second-order valence-corrected chi connectivity index (χ2v) is 2.75. The summed E-state index contributed by atoms with van der Waals surface area (Å²) in [4.78, 5) is 33.9. The molecule has 0 fully saturated rings. The molecule has 0 saturated carbocycles. The molecule has 0 spiro atoms. The first-order valence-electron chi connectivity index (χ1n) is 3.93. The van der Waals surface area contributed by atoms with Gasteiger partial charge in [0.1, 0.15) is 6.04 Å². The van der Waals surface area contributed by atoms with Gasteiger partial charge in [-0.1, -0.05) is 0 Å². The van der Waals surface area contributed by atoms with Gasteiger partial charge in [-0.2, -0.15) is 0 Å². The van der Waals surface area contributed by atoms with Gasteiger partial charge >= 0.3 is 5.97 Å². The first-order valence-corrected chi connectivity index (χ1v) is 3.93. The number of methoxy groups -OCH3 is 1. The van der Waals surface area contributed by atoms with E-state index in [1.807, 2.05) is 0 Å². The Hall–Kier alpha value is -1.69. The molecule has 1 heterocycles. The Kier molecular flexibility index (Phi) is 2.98. The molecule has 1 atom stereocenters. The van der Waals surface area contributed by atoms with E-state index >= 15 is 0 Å². The van der Waals surface area contributed by atoms with E-state index in [1.165, 1.54) is 7.11 Å². The zero-order chi connectivity index (χ0) is 10.7. The highest BCUT2D eigenvalue weighted by molar-refractivity contribution is 6.13. The van der Waals surface area contributed by atoms with Crippen LogP contribution in [0.4, 0.5) is 0 Å². The third-order valence-electron chi connectivity index (χ3n) is 1.78. The number of ether oxygens (including phenoxy) is 1. The van der Waals surface area contributed by atoms with Crippen molar-refractivity contribution in [2.75, 3.05) is 13.7 Å². The van der Waals surface area contributed by atoms with Gasteiger partial charge in [0.15, 0.2) is 0 Å². The molecule has 1 aliphatic heterocycles.